The second kappa shape index (κ2) is 6.46. The molecule has 1 aliphatic heterocycles. The number of aliphatic hydroxyl groups excluding tert-OH is 1. The van der Waals surface area contributed by atoms with Gasteiger partial charge >= 0.3 is 0 Å². The van der Waals surface area contributed by atoms with Crippen LogP contribution in [-0.2, 0) is 4.79 Å². The number of nitro benzene ring substituents is 1. The van der Waals surface area contributed by atoms with Crippen LogP contribution in [0.15, 0.2) is 24.3 Å². The highest BCUT2D eigenvalue weighted by Crippen LogP contribution is 2.16. The van der Waals surface area contributed by atoms with Crippen LogP contribution in [0.25, 0.3) is 0 Å². The number of β-amino-alcohol motifs (C(OH)–C–C–N with tert-alkyl or cyclic N) is 1. The number of anilines is 1. The monoisotopic (exact) mass is 287 g/mol. The average Bonchev–Trinajstić information content (AvgIpc) is 2.76. The van der Waals surface area contributed by atoms with E-state index in [1.54, 1.807) is 0 Å². The molecule has 1 heterocycles. The van der Waals surface area contributed by atoms with Crippen LogP contribution < -0.4 is 10.6 Å². The topological polar surface area (TPSA) is 104 Å². The number of benzene rings is 1. The Kier molecular flexibility index (Phi) is 5.22. The van der Waals surface area contributed by atoms with Crippen molar-refractivity contribution in [1.29, 1.82) is 0 Å². The molecule has 1 aliphatic rings. The molecule has 1 aromatic rings. The Morgan fingerprint density at radius 3 is 2.53 bits per heavy atom. The quantitative estimate of drug-likeness (QED) is 0.560. The van der Waals surface area contributed by atoms with Crippen molar-refractivity contribution in [3.8, 4) is 0 Å². The number of non-ortho nitro benzene ring substituents is 1. The van der Waals surface area contributed by atoms with Crippen molar-refractivity contribution in [3.05, 3.63) is 34.4 Å². The summed E-state index contributed by atoms with van der Waals surface area (Å²) >= 11 is 0. The fraction of sp³-hybridized carbons (Fsp3) is 0.364. The van der Waals surface area contributed by atoms with Gasteiger partial charge in [0.15, 0.2) is 0 Å². The maximum atomic E-state index is 11.8. The van der Waals surface area contributed by atoms with Gasteiger partial charge in [-0.25, -0.2) is 0 Å². The highest BCUT2D eigenvalue weighted by molar-refractivity contribution is 5.95. The Bertz CT molecular complexity index is 466. The number of hydrogen-bond acceptors (Lipinski definition) is 5. The van der Waals surface area contributed by atoms with Gasteiger partial charge in [-0.05, 0) is 18.6 Å². The summed E-state index contributed by atoms with van der Waals surface area (Å²) < 4.78 is 0. The van der Waals surface area contributed by atoms with Crippen LogP contribution in [0.3, 0.4) is 0 Å². The summed E-state index contributed by atoms with van der Waals surface area (Å²) in [4.78, 5) is 21.7. The molecule has 8 heteroatoms. The van der Waals surface area contributed by atoms with Crippen molar-refractivity contribution in [2.45, 2.75) is 18.6 Å². The molecule has 1 aromatic carbocycles. The lowest BCUT2D eigenvalue weighted by molar-refractivity contribution is -0.384. The van der Waals surface area contributed by atoms with Crippen LogP contribution in [0.1, 0.15) is 6.42 Å². The third-order valence-corrected chi connectivity index (χ3v) is 2.77. The SMILES string of the molecule is Cl.O=C(Nc1ccc([N+](=O)[O-])cc1)[C@@H]1C[C@@H](O)CN1. The van der Waals surface area contributed by atoms with Gasteiger partial charge in [0.2, 0.25) is 5.91 Å². The van der Waals surface area contributed by atoms with E-state index in [1.165, 1.54) is 24.3 Å². The Labute approximate surface area is 115 Å². The Morgan fingerprint density at radius 1 is 1.42 bits per heavy atom. The van der Waals surface area contributed by atoms with E-state index in [2.05, 4.69) is 10.6 Å². The summed E-state index contributed by atoms with van der Waals surface area (Å²) in [6.07, 6.45) is -0.128. The molecular formula is C11H14ClN3O4. The number of hydrogen-bond donors (Lipinski definition) is 3. The predicted molar refractivity (Wildman–Crippen MR) is 71.4 cm³/mol. The molecule has 19 heavy (non-hydrogen) atoms. The van der Waals surface area contributed by atoms with Gasteiger partial charge in [-0.3, -0.25) is 14.9 Å². The molecule has 0 spiro atoms. The first-order chi connectivity index (χ1) is 8.56. The number of carbonyl (C=O) groups excluding carboxylic acids is 1. The van der Waals surface area contributed by atoms with E-state index >= 15 is 0 Å². The summed E-state index contributed by atoms with van der Waals surface area (Å²) in [5.74, 6) is -0.250. The largest absolute Gasteiger partial charge is 0.392 e. The van der Waals surface area contributed by atoms with Gasteiger partial charge in [0, 0.05) is 24.4 Å². The smallest absolute Gasteiger partial charge is 0.269 e. The van der Waals surface area contributed by atoms with E-state index in [9.17, 15) is 20.0 Å². The van der Waals surface area contributed by atoms with Crippen molar-refractivity contribution in [3.63, 3.8) is 0 Å². The molecule has 0 bridgehead atoms. The number of rotatable bonds is 3. The zero-order chi connectivity index (χ0) is 13.1. The van der Waals surface area contributed by atoms with Crippen LogP contribution in [0.5, 0.6) is 0 Å². The Hall–Kier alpha value is -1.70. The van der Waals surface area contributed by atoms with Gasteiger partial charge in [0.25, 0.3) is 5.69 Å². The third-order valence-electron chi connectivity index (χ3n) is 2.77. The fourth-order valence-corrected chi connectivity index (χ4v) is 1.81. The highest BCUT2D eigenvalue weighted by atomic mass is 35.5. The Morgan fingerprint density at radius 2 is 2.05 bits per heavy atom. The second-order valence-corrected chi connectivity index (χ2v) is 4.14. The summed E-state index contributed by atoms with van der Waals surface area (Å²) in [5, 5.41) is 25.3. The molecule has 1 saturated heterocycles. The first-order valence-electron chi connectivity index (χ1n) is 5.53. The van der Waals surface area contributed by atoms with E-state index in [1.807, 2.05) is 0 Å². The van der Waals surface area contributed by atoms with Crippen LogP contribution >= 0.6 is 12.4 Å². The van der Waals surface area contributed by atoms with Gasteiger partial charge in [-0.15, -0.1) is 12.4 Å². The maximum absolute atomic E-state index is 11.8. The number of nitrogens with zero attached hydrogens (tertiary/aromatic N) is 1. The predicted octanol–water partition coefficient (Wildman–Crippen LogP) is 0.678. The molecule has 1 fully saturated rings. The maximum Gasteiger partial charge on any atom is 0.269 e. The van der Waals surface area contributed by atoms with Crippen LogP contribution in [0, 0.1) is 10.1 Å². The number of aliphatic hydroxyl groups is 1. The standard InChI is InChI=1S/C11H13N3O4.ClH/c15-9-5-10(12-6-9)11(16)13-7-1-3-8(4-2-7)14(17)18;/h1-4,9-10,12,15H,5-6H2,(H,13,16);1H/t9-,10+;/m1./s1. The zero-order valence-corrected chi connectivity index (χ0v) is 10.7. The highest BCUT2D eigenvalue weighted by Gasteiger charge is 2.27. The van der Waals surface area contributed by atoms with Crippen LogP contribution in [-0.4, -0.2) is 34.6 Å². The molecule has 0 aromatic heterocycles. The van der Waals surface area contributed by atoms with E-state index < -0.39 is 17.1 Å². The van der Waals surface area contributed by atoms with Crippen LogP contribution in [0.2, 0.25) is 0 Å². The first-order valence-corrected chi connectivity index (χ1v) is 5.53. The molecule has 1 amide bonds. The second-order valence-electron chi connectivity index (χ2n) is 4.14. The molecule has 7 nitrogen and oxygen atoms in total. The molecule has 2 atom stereocenters. The fourth-order valence-electron chi connectivity index (χ4n) is 1.81. The summed E-state index contributed by atoms with van der Waals surface area (Å²) in [5.41, 5.74) is 0.469. The van der Waals surface area contributed by atoms with Crippen molar-refractivity contribution < 1.29 is 14.8 Å². The van der Waals surface area contributed by atoms with Crippen molar-refractivity contribution in [1.82, 2.24) is 5.32 Å². The normalized spacial score (nSPS) is 21.5. The van der Waals surface area contributed by atoms with Crippen LogP contribution in [0.4, 0.5) is 11.4 Å². The molecular weight excluding hydrogens is 274 g/mol. The summed E-state index contributed by atoms with van der Waals surface area (Å²) in [7, 11) is 0. The molecule has 3 N–H and O–H groups in total. The van der Waals surface area contributed by atoms with E-state index in [-0.39, 0.29) is 24.0 Å². The lowest BCUT2D eigenvalue weighted by Crippen LogP contribution is -2.35. The summed E-state index contributed by atoms with van der Waals surface area (Å²) in [6.45, 7) is 0.401. The average molecular weight is 288 g/mol. The number of halogens is 1. The van der Waals surface area contributed by atoms with Gasteiger partial charge in [-0.2, -0.15) is 0 Å². The van der Waals surface area contributed by atoms with Gasteiger partial charge < -0.3 is 15.7 Å². The third kappa shape index (κ3) is 3.88. The van der Waals surface area contributed by atoms with Gasteiger partial charge in [0.1, 0.15) is 0 Å². The van der Waals surface area contributed by atoms with Gasteiger partial charge in [0.05, 0.1) is 17.1 Å². The minimum absolute atomic E-state index is 0. The number of amides is 1. The summed E-state index contributed by atoms with van der Waals surface area (Å²) in [6, 6.07) is 5.18. The lowest BCUT2D eigenvalue weighted by atomic mass is 10.2. The molecule has 0 radical (unpaired) electrons. The van der Waals surface area contributed by atoms with Crippen molar-refractivity contribution in [2.24, 2.45) is 0 Å². The number of nitro groups is 1. The molecule has 2 rings (SSSR count). The Balaban J connectivity index is 0.00000180. The van der Waals surface area contributed by atoms with E-state index in [0.717, 1.165) is 0 Å². The molecule has 0 aliphatic carbocycles. The van der Waals surface area contributed by atoms with Crippen molar-refractivity contribution >= 4 is 29.7 Å². The van der Waals surface area contributed by atoms with E-state index in [4.69, 9.17) is 0 Å². The lowest BCUT2D eigenvalue weighted by Gasteiger charge is -2.10. The van der Waals surface area contributed by atoms with Crippen molar-refractivity contribution in [2.75, 3.05) is 11.9 Å². The minimum atomic E-state index is -0.502. The van der Waals surface area contributed by atoms with E-state index in [0.29, 0.717) is 18.7 Å². The number of nitrogens with one attached hydrogen (secondary N) is 2. The molecule has 104 valence electrons. The molecule has 0 saturated carbocycles. The zero-order valence-electron chi connectivity index (χ0n) is 9.91. The molecule has 0 unspecified atom stereocenters. The number of carbonyl (C=O) groups is 1. The van der Waals surface area contributed by atoms with Gasteiger partial charge in [-0.1, -0.05) is 0 Å². The minimum Gasteiger partial charge on any atom is -0.392 e. The first kappa shape index (κ1) is 15.4.